The largest absolute Gasteiger partial charge is 0.497 e. The van der Waals surface area contributed by atoms with E-state index in [2.05, 4.69) is 0 Å². The highest BCUT2D eigenvalue weighted by Gasteiger charge is 2.36. The van der Waals surface area contributed by atoms with Crippen LogP contribution >= 0.6 is 35.6 Å². The number of benzene rings is 2. The highest BCUT2D eigenvalue weighted by Crippen LogP contribution is 2.33. The van der Waals surface area contributed by atoms with E-state index >= 15 is 0 Å². The monoisotopic (exact) mass is 564 g/mol. The lowest BCUT2D eigenvalue weighted by Gasteiger charge is -2.29. The minimum Gasteiger partial charge on any atom is -0.497 e. The lowest BCUT2D eigenvalue weighted by atomic mass is 10.1. The van der Waals surface area contributed by atoms with Crippen LogP contribution in [-0.2, 0) is 26.0 Å². The van der Waals surface area contributed by atoms with Gasteiger partial charge in [0.2, 0.25) is 5.91 Å². The van der Waals surface area contributed by atoms with Crippen LogP contribution in [0.4, 0.5) is 0 Å². The number of sulfone groups is 1. The Kier molecular flexibility index (Phi) is 8.39. The topological polar surface area (TPSA) is 84.0 Å². The first-order chi connectivity index (χ1) is 17.1. The standard InChI is InChI=1S/C25H25ClN2O5S3/c1-33-21-8-4-17(5-9-21)14-22-24(30)27(25(34)35-22)12-10-23(29)28(20-11-13-36(31,32)16-20)15-18-2-6-19(26)7-3-18/h2-9,14,20H,10-13,15-16H2,1H3. The molecule has 0 N–H and O–H groups in total. The summed E-state index contributed by atoms with van der Waals surface area (Å²) in [5.74, 6) is 0.253. The molecule has 2 aromatic rings. The third kappa shape index (κ3) is 6.47. The summed E-state index contributed by atoms with van der Waals surface area (Å²) in [6.07, 6.45) is 2.19. The Hall–Kier alpha value is -2.40. The average Bonchev–Trinajstić information content (AvgIpc) is 3.34. The van der Waals surface area contributed by atoms with E-state index < -0.39 is 15.9 Å². The van der Waals surface area contributed by atoms with Crippen LogP contribution in [0.25, 0.3) is 6.08 Å². The number of hydrogen-bond acceptors (Lipinski definition) is 7. The van der Waals surface area contributed by atoms with Gasteiger partial charge in [-0.15, -0.1) is 0 Å². The molecule has 2 aliphatic rings. The molecule has 0 radical (unpaired) electrons. The maximum absolute atomic E-state index is 13.3. The molecule has 2 aliphatic heterocycles. The maximum atomic E-state index is 13.3. The molecule has 0 aromatic heterocycles. The maximum Gasteiger partial charge on any atom is 0.266 e. The van der Waals surface area contributed by atoms with Gasteiger partial charge in [0.1, 0.15) is 10.1 Å². The summed E-state index contributed by atoms with van der Waals surface area (Å²) in [5.41, 5.74) is 1.69. The third-order valence-corrected chi connectivity index (χ3v) is 9.45. The molecular formula is C25H25ClN2O5S3. The number of carbonyl (C=O) groups is 2. The number of halogens is 1. The molecule has 190 valence electrons. The number of hydrogen-bond donors (Lipinski definition) is 0. The van der Waals surface area contributed by atoms with E-state index in [1.807, 2.05) is 36.4 Å². The van der Waals surface area contributed by atoms with Crippen LogP contribution in [-0.4, -0.2) is 65.6 Å². The van der Waals surface area contributed by atoms with Gasteiger partial charge in [-0.3, -0.25) is 14.5 Å². The second kappa shape index (κ2) is 11.3. The first-order valence-electron chi connectivity index (χ1n) is 11.3. The van der Waals surface area contributed by atoms with E-state index in [9.17, 15) is 18.0 Å². The van der Waals surface area contributed by atoms with Crippen molar-refractivity contribution in [3.05, 3.63) is 69.6 Å². The van der Waals surface area contributed by atoms with Gasteiger partial charge in [0, 0.05) is 30.6 Å². The van der Waals surface area contributed by atoms with Gasteiger partial charge in [0.05, 0.1) is 23.5 Å². The molecule has 2 amide bonds. The Balaban J connectivity index is 1.44. The van der Waals surface area contributed by atoms with Gasteiger partial charge in [-0.05, 0) is 47.9 Å². The van der Waals surface area contributed by atoms with Crippen LogP contribution in [0, 0.1) is 0 Å². The number of ether oxygens (including phenoxy) is 1. The van der Waals surface area contributed by atoms with Crippen LogP contribution < -0.4 is 4.74 Å². The van der Waals surface area contributed by atoms with Gasteiger partial charge in [-0.25, -0.2) is 8.42 Å². The molecule has 11 heteroatoms. The summed E-state index contributed by atoms with van der Waals surface area (Å²) in [6, 6.07) is 14.0. The van der Waals surface area contributed by atoms with E-state index in [4.69, 9.17) is 28.6 Å². The van der Waals surface area contributed by atoms with E-state index in [1.54, 1.807) is 30.2 Å². The number of methoxy groups -OCH3 is 1. The van der Waals surface area contributed by atoms with Crippen molar-refractivity contribution >= 4 is 67.6 Å². The van der Waals surface area contributed by atoms with Crippen LogP contribution in [0.3, 0.4) is 0 Å². The molecule has 2 saturated heterocycles. The summed E-state index contributed by atoms with van der Waals surface area (Å²) in [6.45, 7) is 0.395. The van der Waals surface area contributed by atoms with Crippen LogP contribution in [0.1, 0.15) is 24.0 Å². The molecule has 7 nitrogen and oxygen atoms in total. The zero-order chi connectivity index (χ0) is 25.9. The van der Waals surface area contributed by atoms with Crippen molar-refractivity contribution in [1.82, 2.24) is 9.80 Å². The first kappa shape index (κ1) is 26.7. The molecule has 36 heavy (non-hydrogen) atoms. The Morgan fingerprint density at radius 1 is 1.22 bits per heavy atom. The molecule has 0 saturated carbocycles. The molecule has 2 fully saturated rings. The number of thiocarbonyl (C=S) groups is 1. The van der Waals surface area contributed by atoms with Crippen molar-refractivity contribution in [2.75, 3.05) is 25.2 Å². The summed E-state index contributed by atoms with van der Waals surface area (Å²) >= 11 is 12.6. The highest BCUT2D eigenvalue weighted by molar-refractivity contribution is 8.26. The third-order valence-electron chi connectivity index (χ3n) is 6.07. The second-order valence-corrected chi connectivity index (χ2v) is 12.9. The number of nitrogens with zero attached hydrogens (tertiary/aromatic N) is 2. The van der Waals surface area contributed by atoms with E-state index in [0.717, 1.165) is 16.9 Å². The molecule has 1 unspecified atom stereocenters. The Morgan fingerprint density at radius 2 is 1.92 bits per heavy atom. The zero-order valence-corrected chi connectivity index (χ0v) is 22.8. The summed E-state index contributed by atoms with van der Waals surface area (Å²) in [5, 5.41) is 0.581. The van der Waals surface area contributed by atoms with Crippen LogP contribution in [0.5, 0.6) is 5.75 Å². The van der Waals surface area contributed by atoms with Crippen molar-refractivity contribution < 1.29 is 22.7 Å². The minimum atomic E-state index is -3.18. The minimum absolute atomic E-state index is 0.0341. The van der Waals surface area contributed by atoms with E-state index in [0.29, 0.717) is 20.7 Å². The van der Waals surface area contributed by atoms with Gasteiger partial charge < -0.3 is 9.64 Å². The fraction of sp³-hybridized carbons (Fsp3) is 0.320. The van der Waals surface area contributed by atoms with Crippen LogP contribution in [0.15, 0.2) is 53.4 Å². The smallest absolute Gasteiger partial charge is 0.266 e. The first-order valence-corrected chi connectivity index (χ1v) is 14.7. The summed E-state index contributed by atoms with van der Waals surface area (Å²) < 4.78 is 29.7. The molecule has 0 bridgehead atoms. The molecule has 2 heterocycles. The average molecular weight is 565 g/mol. The van der Waals surface area contributed by atoms with Crippen molar-refractivity contribution in [3.63, 3.8) is 0 Å². The normalized spacial score (nSPS) is 20.2. The molecule has 4 rings (SSSR count). The van der Waals surface area contributed by atoms with Crippen LogP contribution in [0.2, 0.25) is 5.02 Å². The quantitative estimate of drug-likeness (QED) is 0.352. The molecular weight excluding hydrogens is 540 g/mol. The Bertz CT molecular complexity index is 1290. The fourth-order valence-electron chi connectivity index (χ4n) is 4.12. The lowest BCUT2D eigenvalue weighted by molar-refractivity contribution is -0.134. The summed E-state index contributed by atoms with van der Waals surface area (Å²) in [4.78, 5) is 29.8. The SMILES string of the molecule is COc1ccc(C=C2SC(=S)N(CCC(=O)N(Cc3ccc(Cl)cc3)C3CCS(=O)(=O)C3)C2=O)cc1. The van der Waals surface area contributed by atoms with Crippen molar-refractivity contribution in [1.29, 1.82) is 0 Å². The lowest BCUT2D eigenvalue weighted by Crippen LogP contribution is -2.42. The van der Waals surface area contributed by atoms with E-state index in [1.165, 1.54) is 16.7 Å². The van der Waals surface area contributed by atoms with Gasteiger partial charge >= 0.3 is 0 Å². The van der Waals surface area contributed by atoms with Gasteiger partial charge in [0.25, 0.3) is 5.91 Å². The molecule has 0 aliphatic carbocycles. The Labute approximate surface area is 225 Å². The zero-order valence-electron chi connectivity index (χ0n) is 19.6. The Morgan fingerprint density at radius 3 is 2.53 bits per heavy atom. The van der Waals surface area contributed by atoms with Crippen molar-refractivity contribution in [2.45, 2.75) is 25.4 Å². The number of amides is 2. The molecule has 2 aromatic carbocycles. The second-order valence-electron chi connectivity index (χ2n) is 8.56. The summed E-state index contributed by atoms with van der Waals surface area (Å²) in [7, 11) is -1.59. The highest BCUT2D eigenvalue weighted by atomic mass is 35.5. The molecule has 1 atom stereocenters. The predicted molar refractivity (Wildman–Crippen MR) is 147 cm³/mol. The predicted octanol–water partition coefficient (Wildman–Crippen LogP) is 4.16. The number of rotatable bonds is 8. The van der Waals surface area contributed by atoms with E-state index in [-0.39, 0.29) is 42.8 Å². The molecule has 0 spiro atoms. The van der Waals surface area contributed by atoms with Gasteiger partial charge in [-0.1, -0.05) is 59.8 Å². The van der Waals surface area contributed by atoms with Crippen molar-refractivity contribution in [2.24, 2.45) is 0 Å². The number of carbonyl (C=O) groups excluding carboxylic acids is 2. The van der Waals surface area contributed by atoms with Gasteiger partial charge in [-0.2, -0.15) is 0 Å². The number of thioether (sulfide) groups is 1. The fourth-order valence-corrected chi connectivity index (χ4v) is 7.29. The van der Waals surface area contributed by atoms with Gasteiger partial charge in [0.15, 0.2) is 9.84 Å². The van der Waals surface area contributed by atoms with Crippen molar-refractivity contribution in [3.8, 4) is 5.75 Å².